The average molecular weight is 293 g/mol. The summed E-state index contributed by atoms with van der Waals surface area (Å²) in [6.07, 6.45) is 2.46. The molecule has 0 atom stereocenters. The monoisotopic (exact) mass is 293 g/mol. The van der Waals surface area contributed by atoms with Gasteiger partial charge in [-0.3, -0.25) is 4.68 Å². The molecule has 1 aliphatic rings. The van der Waals surface area contributed by atoms with Crippen LogP contribution in [0.15, 0.2) is 0 Å². The van der Waals surface area contributed by atoms with Crippen molar-refractivity contribution in [2.45, 2.75) is 52.2 Å². The third-order valence-corrected chi connectivity index (χ3v) is 4.57. The SMILES string of the molecule is Cc1nn(C)c(N(C)C2CCN(C)CC2)c1CNC(C)C. The standard InChI is InChI=1S/C16H31N5/c1-12(2)17-11-15-13(3)18-21(6)16(15)20(5)14-7-9-19(4)10-8-14/h12,14,17H,7-11H2,1-6H3. The van der Waals surface area contributed by atoms with E-state index >= 15 is 0 Å². The first-order valence-electron chi connectivity index (χ1n) is 8.07. The van der Waals surface area contributed by atoms with Crippen molar-refractivity contribution in [3.8, 4) is 0 Å². The van der Waals surface area contributed by atoms with Crippen LogP contribution in [0.4, 0.5) is 5.82 Å². The second-order valence-electron chi connectivity index (χ2n) is 6.69. The van der Waals surface area contributed by atoms with Gasteiger partial charge in [0.2, 0.25) is 0 Å². The Labute approximate surface area is 129 Å². The summed E-state index contributed by atoms with van der Waals surface area (Å²) < 4.78 is 2.05. The number of nitrogens with one attached hydrogen (secondary N) is 1. The number of hydrogen-bond donors (Lipinski definition) is 1. The normalized spacial score (nSPS) is 17.7. The van der Waals surface area contributed by atoms with Crippen LogP contribution < -0.4 is 10.2 Å². The zero-order valence-corrected chi connectivity index (χ0v) is 14.5. The molecule has 1 fully saturated rings. The number of nitrogens with zero attached hydrogens (tertiary/aromatic N) is 4. The second-order valence-corrected chi connectivity index (χ2v) is 6.69. The van der Waals surface area contributed by atoms with Gasteiger partial charge in [-0.15, -0.1) is 0 Å². The highest BCUT2D eigenvalue weighted by atomic mass is 15.4. The van der Waals surface area contributed by atoms with Crippen molar-refractivity contribution in [2.75, 3.05) is 32.1 Å². The van der Waals surface area contributed by atoms with Crippen molar-refractivity contribution in [1.29, 1.82) is 0 Å². The summed E-state index contributed by atoms with van der Waals surface area (Å²) in [7, 11) is 6.50. The van der Waals surface area contributed by atoms with E-state index in [1.165, 1.54) is 37.3 Å². The largest absolute Gasteiger partial charge is 0.357 e. The van der Waals surface area contributed by atoms with Crippen LogP contribution in [0, 0.1) is 6.92 Å². The van der Waals surface area contributed by atoms with Crippen molar-refractivity contribution in [1.82, 2.24) is 20.0 Å². The van der Waals surface area contributed by atoms with E-state index in [4.69, 9.17) is 0 Å². The first-order valence-corrected chi connectivity index (χ1v) is 8.07. The Morgan fingerprint density at radius 3 is 2.48 bits per heavy atom. The topological polar surface area (TPSA) is 36.3 Å². The maximum absolute atomic E-state index is 4.64. The molecule has 120 valence electrons. The Hall–Kier alpha value is -1.07. The molecular weight excluding hydrogens is 262 g/mol. The van der Waals surface area contributed by atoms with Gasteiger partial charge in [0.25, 0.3) is 0 Å². The predicted molar refractivity (Wildman–Crippen MR) is 88.8 cm³/mol. The summed E-state index contributed by atoms with van der Waals surface area (Å²) in [5, 5.41) is 8.18. The van der Waals surface area contributed by atoms with Gasteiger partial charge in [0.05, 0.1) is 5.69 Å². The molecule has 1 aliphatic heterocycles. The van der Waals surface area contributed by atoms with Crippen molar-refractivity contribution >= 4 is 5.82 Å². The Kier molecular flexibility index (Phi) is 5.27. The molecule has 0 aliphatic carbocycles. The lowest BCUT2D eigenvalue weighted by Crippen LogP contribution is -2.43. The summed E-state index contributed by atoms with van der Waals surface area (Å²) in [6, 6.07) is 1.11. The van der Waals surface area contributed by atoms with E-state index in [1.807, 2.05) is 4.68 Å². The van der Waals surface area contributed by atoms with Crippen LogP contribution in [-0.2, 0) is 13.6 Å². The van der Waals surface area contributed by atoms with Gasteiger partial charge in [-0.1, -0.05) is 13.8 Å². The van der Waals surface area contributed by atoms with Crippen molar-refractivity contribution in [2.24, 2.45) is 7.05 Å². The number of rotatable bonds is 5. The molecule has 0 amide bonds. The maximum atomic E-state index is 4.64. The molecule has 1 saturated heterocycles. The van der Waals surface area contributed by atoms with Crippen molar-refractivity contribution in [3.63, 3.8) is 0 Å². The summed E-state index contributed by atoms with van der Waals surface area (Å²) in [5.41, 5.74) is 2.48. The van der Waals surface area contributed by atoms with Crippen LogP contribution >= 0.6 is 0 Å². The molecule has 0 radical (unpaired) electrons. The van der Waals surface area contributed by atoms with Crippen molar-refractivity contribution in [3.05, 3.63) is 11.3 Å². The average Bonchev–Trinajstić information content (AvgIpc) is 2.70. The Bertz CT molecular complexity index is 457. The predicted octanol–water partition coefficient (Wildman–Crippen LogP) is 1.76. The third-order valence-electron chi connectivity index (χ3n) is 4.57. The smallest absolute Gasteiger partial charge is 0.131 e. The van der Waals surface area contributed by atoms with Crippen LogP contribution in [0.3, 0.4) is 0 Å². The van der Waals surface area contributed by atoms with E-state index in [2.05, 4.69) is 62.1 Å². The Morgan fingerprint density at radius 1 is 1.29 bits per heavy atom. The lowest BCUT2D eigenvalue weighted by atomic mass is 10.0. The molecule has 0 aromatic carbocycles. The number of aromatic nitrogens is 2. The summed E-state index contributed by atoms with van der Waals surface area (Å²) in [4.78, 5) is 4.87. The molecule has 0 saturated carbocycles. The fraction of sp³-hybridized carbons (Fsp3) is 0.812. The molecule has 1 aromatic rings. The van der Waals surface area contributed by atoms with Gasteiger partial charge in [0.1, 0.15) is 5.82 Å². The van der Waals surface area contributed by atoms with Gasteiger partial charge in [-0.05, 0) is 39.9 Å². The minimum atomic E-state index is 0.492. The highest BCUT2D eigenvalue weighted by Crippen LogP contribution is 2.27. The van der Waals surface area contributed by atoms with Crippen LogP contribution in [0.1, 0.15) is 37.9 Å². The number of piperidine rings is 1. The highest BCUT2D eigenvalue weighted by molar-refractivity contribution is 5.50. The minimum absolute atomic E-state index is 0.492. The number of aryl methyl sites for hydroxylation is 2. The zero-order valence-electron chi connectivity index (χ0n) is 14.5. The molecule has 5 heteroatoms. The lowest BCUT2D eigenvalue weighted by Gasteiger charge is -2.36. The van der Waals surface area contributed by atoms with Crippen LogP contribution in [-0.4, -0.2) is 53.9 Å². The van der Waals surface area contributed by atoms with E-state index < -0.39 is 0 Å². The summed E-state index contributed by atoms with van der Waals surface area (Å²) in [6.45, 7) is 9.75. The van der Waals surface area contributed by atoms with Gasteiger partial charge in [0, 0.05) is 38.3 Å². The summed E-state index contributed by atoms with van der Waals surface area (Å²) in [5.74, 6) is 1.27. The summed E-state index contributed by atoms with van der Waals surface area (Å²) >= 11 is 0. The molecule has 0 bridgehead atoms. The van der Waals surface area contributed by atoms with Crippen LogP contribution in [0.2, 0.25) is 0 Å². The van der Waals surface area contributed by atoms with Gasteiger partial charge in [0.15, 0.2) is 0 Å². The van der Waals surface area contributed by atoms with E-state index in [0.717, 1.165) is 12.2 Å². The molecule has 2 heterocycles. The minimum Gasteiger partial charge on any atom is -0.357 e. The molecule has 1 N–H and O–H groups in total. The van der Waals surface area contributed by atoms with E-state index in [-0.39, 0.29) is 0 Å². The molecule has 5 nitrogen and oxygen atoms in total. The highest BCUT2D eigenvalue weighted by Gasteiger charge is 2.25. The number of likely N-dealkylation sites (tertiary alicyclic amines) is 1. The maximum Gasteiger partial charge on any atom is 0.131 e. The molecule has 1 aromatic heterocycles. The third kappa shape index (κ3) is 3.77. The second kappa shape index (κ2) is 6.79. The van der Waals surface area contributed by atoms with Gasteiger partial charge >= 0.3 is 0 Å². The van der Waals surface area contributed by atoms with Crippen molar-refractivity contribution < 1.29 is 0 Å². The molecule has 0 unspecified atom stereocenters. The lowest BCUT2D eigenvalue weighted by molar-refractivity contribution is 0.252. The first-order chi connectivity index (χ1) is 9.90. The van der Waals surface area contributed by atoms with Crippen LogP contribution in [0.25, 0.3) is 0 Å². The van der Waals surface area contributed by atoms with Gasteiger partial charge in [-0.25, -0.2) is 0 Å². The molecule has 2 rings (SSSR count). The van der Waals surface area contributed by atoms with Gasteiger partial charge in [-0.2, -0.15) is 5.10 Å². The Balaban J connectivity index is 2.17. The first kappa shape index (κ1) is 16.3. The number of hydrogen-bond acceptors (Lipinski definition) is 4. The quantitative estimate of drug-likeness (QED) is 0.897. The van der Waals surface area contributed by atoms with E-state index in [1.54, 1.807) is 0 Å². The van der Waals surface area contributed by atoms with E-state index in [9.17, 15) is 0 Å². The fourth-order valence-corrected chi connectivity index (χ4v) is 3.20. The Morgan fingerprint density at radius 2 is 1.90 bits per heavy atom. The van der Waals surface area contributed by atoms with E-state index in [0.29, 0.717) is 12.1 Å². The molecular formula is C16H31N5. The van der Waals surface area contributed by atoms with Crippen LogP contribution in [0.5, 0.6) is 0 Å². The fourth-order valence-electron chi connectivity index (χ4n) is 3.20. The number of anilines is 1. The zero-order chi connectivity index (χ0) is 15.6. The molecule has 0 spiro atoms. The molecule has 21 heavy (non-hydrogen) atoms. The van der Waals surface area contributed by atoms with Gasteiger partial charge < -0.3 is 15.1 Å².